The van der Waals surface area contributed by atoms with E-state index in [1.54, 1.807) is 11.8 Å². The summed E-state index contributed by atoms with van der Waals surface area (Å²) in [6, 6.07) is 7.73. The molecule has 0 N–H and O–H groups in total. The molecule has 0 bridgehead atoms. The average Bonchev–Trinajstić information content (AvgIpc) is 2.66. The van der Waals surface area contributed by atoms with E-state index < -0.39 is 6.10 Å². The zero-order valence-corrected chi connectivity index (χ0v) is 17.2. The number of rotatable bonds is 8. The molecule has 1 unspecified atom stereocenters. The third kappa shape index (κ3) is 6.65. The predicted molar refractivity (Wildman–Crippen MR) is 109 cm³/mol. The highest BCUT2D eigenvalue weighted by Crippen LogP contribution is 2.19. The van der Waals surface area contributed by atoms with Crippen LogP contribution in [0.15, 0.2) is 24.3 Å². The Hall–Kier alpha value is -1.88. The van der Waals surface area contributed by atoms with Gasteiger partial charge in [0.1, 0.15) is 12.6 Å². The Kier molecular flexibility index (Phi) is 8.29. The van der Waals surface area contributed by atoms with Crippen molar-refractivity contribution >= 4 is 17.5 Å². The summed E-state index contributed by atoms with van der Waals surface area (Å²) in [5.74, 6) is 0.382. The van der Waals surface area contributed by atoms with Gasteiger partial charge in [0.2, 0.25) is 5.91 Å². The zero-order valence-electron chi connectivity index (χ0n) is 17.2. The first-order valence-corrected chi connectivity index (χ1v) is 10.2. The maximum atomic E-state index is 13.1. The number of aryl methyl sites for hydroxylation is 1. The van der Waals surface area contributed by atoms with E-state index in [9.17, 15) is 9.59 Å². The van der Waals surface area contributed by atoms with Crippen molar-refractivity contribution in [2.75, 3.05) is 31.1 Å². The van der Waals surface area contributed by atoms with Gasteiger partial charge in [-0.05, 0) is 57.6 Å². The molecule has 1 heterocycles. The topological polar surface area (TPSA) is 49.9 Å². The number of likely N-dealkylation sites (tertiary alicyclic amines) is 1. The molecule has 1 fully saturated rings. The Bertz CT molecular complexity index is 606. The summed E-state index contributed by atoms with van der Waals surface area (Å²) in [7, 11) is 0. The predicted octanol–water partition coefficient (Wildman–Crippen LogP) is 3.79. The maximum absolute atomic E-state index is 13.1. The van der Waals surface area contributed by atoms with Gasteiger partial charge >= 0.3 is 0 Å². The van der Waals surface area contributed by atoms with E-state index in [1.165, 1.54) is 6.42 Å². The summed E-state index contributed by atoms with van der Waals surface area (Å²) >= 11 is 0. The molecule has 0 saturated carbocycles. The molecule has 1 atom stereocenters. The second-order valence-electron chi connectivity index (χ2n) is 7.90. The fourth-order valence-electron chi connectivity index (χ4n) is 3.17. The van der Waals surface area contributed by atoms with Crippen LogP contribution in [0.25, 0.3) is 0 Å². The van der Waals surface area contributed by atoms with Gasteiger partial charge in [0.15, 0.2) is 0 Å². The molecule has 150 valence electrons. The van der Waals surface area contributed by atoms with Crippen LogP contribution in [0.1, 0.15) is 52.0 Å². The van der Waals surface area contributed by atoms with Gasteiger partial charge in [-0.1, -0.05) is 31.5 Å². The lowest BCUT2D eigenvalue weighted by atomic mass is 10.1. The minimum absolute atomic E-state index is 0.0120. The van der Waals surface area contributed by atoms with Crippen LogP contribution in [0.5, 0.6) is 0 Å². The normalized spacial score (nSPS) is 15.7. The van der Waals surface area contributed by atoms with Crippen LogP contribution in [0.4, 0.5) is 5.69 Å². The number of nitrogens with zero attached hydrogens (tertiary/aromatic N) is 2. The van der Waals surface area contributed by atoms with E-state index >= 15 is 0 Å². The molecule has 0 spiro atoms. The Morgan fingerprint density at radius 1 is 1.07 bits per heavy atom. The quantitative estimate of drug-likeness (QED) is 0.695. The van der Waals surface area contributed by atoms with Gasteiger partial charge in [0.25, 0.3) is 5.91 Å². The molecule has 0 aromatic heterocycles. The van der Waals surface area contributed by atoms with Gasteiger partial charge in [-0.3, -0.25) is 9.59 Å². The molecule has 1 aromatic rings. The molecule has 5 heteroatoms. The van der Waals surface area contributed by atoms with Crippen molar-refractivity contribution in [1.29, 1.82) is 0 Å². The van der Waals surface area contributed by atoms with Gasteiger partial charge in [0.05, 0.1) is 0 Å². The Morgan fingerprint density at radius 3 is 2.30 bits per heavy atom. The number of amides is 2. The second-order valence-corrected chi connectivity index (χ2v) is 7.90. The average molecular weight is 375 g/mol. The third-order valence-electron chi connectivity index (χ3n) is 5.02. The molecule has 5 nitrogen and oxygen atoms in total. The third-order valence-corrected chi connectivity index (χ3v) is 5.02. The van der Waals surface area contributed by atoms with Crippen molar-refractivity contribution < 1.29 is 14.3 Å². The van der Waals surface area contributed by atoms with Crippen molar-refractivity contribution in [2.24, 2.45) is 5.92 Å². The largest absolute Gasteiger partial charge is 0.369 e. The minimum Gasteiger partial charge on any atom is -0.369 e. The lowest BCUT2D eigenvalue weighted by Crippen LogP contribution is -2.47. The van der Waals surface area contributed by atoms with Crippen molar-refractivity contribution in [3.63, 3.8) is 0 Å². The monoisotopic (exact) mass is 374 g/mol. The van der Waals surface area contributed by atoms with Crippen LogP contribution in [0.2, 0.25) is 0 Å². The van der Waals surface area contributed by atoms with Crippen molar-refractivity contribution in [3.8, 4) is 0 Å². The van der Waals surface area contributed by atoms with Crippen molar-refractivity contribution in [2.45, 2.75) is 59.5 Å². The molecule has 1 saturated heterocycles. The van der Waals surface area contributed by atoms with Gasteiger partial charge in [-0.25, -0.2) is 0 Å². The van der Waals surface area contributed by atoms with E-state index in [1.807, 2.05) is 36.1 Å². The number of carbonyl (C=O) groups excluding carboxylic acids is 2. The van der Waals surface area contributed by atoms with Gasteiger partial charge in [-0.2, -0.15) is 0 Å². The standard InChI is InChI=1S/C22H34N2O3/c1-17(2)12-15-27-19(4)22(26)24(20-10-8-18(3)9-11-20)16-21(25)23-13-6-5-7-14-23/h8-11,17,19H,5-7,12-16H2,1-4H3. The van der Waals surface area contributed by atoms with E-state index in [2.05, 4.69) is 13.8 Å². The summed E-state index contributed by atoms with van der Waals surface area (Å²) in [6.45, 7) is 10.2. The smallest absolute Gasteiger partial charge is 0.256 e. The first-order valence-electron chi connectivity index (χ1n) is 10.2. The Balaban J connectivity index is 2.09. The highest BCUT2D eigenvalue weighted by atomic mass is 16.5. The SMILES string of the molecule is Cc1ccc(N(CC(=O)N2CCCCC2)C(=O)C(C)OCCC(C)C)cc1. The molecule has 2 rings (SSSR count). The van der Waals surface area contributed by atoms with Crippen LogP contribution in [0, 0.1) is 12.8 Å². The van der Waals surface area contributed by atoms with Gasteiger partial charge in [-0.15, -0.1) is 0 Å². The molecule has 0 radical (unpaired) electrons. The number of ether oxygens (including phenoxy) is 1. The molecule has 27 heavy (non-hydrogen) atoms. The van der Waals surface area contributed by atoms with Gasteiger partial charge < -0.3 is 14.5 Å². The number of carbonyl (C=O) groups is 2. The first kappa shape index (κ1) is 21.4. The molecule has 0 aliphatic carbocycles. The number of benzene rings is 1. The summed E-state index contributed by atoms with van der Waals surface area (Å²) in [6.07, 6.45) is 3.59. The highest BCUT2D eigenvalue weighted by Gasteiger charge is 2.27. The van der Waals surface area contributed by atoms with Crippen molar-refractivity contribution in [3.05, 3.63) is 29.8 Å². The summed E-state index contributed by atoms with van der Waals surface area (Å²) in [5, 5.41) is 0. The van der Waals surface area contributed by atoms with Crippen LogP contribution in [0.3, 0.4) is 0 Å². The number of anilines is 1. The fraction of sp³-hybridized carbons (Fsp3) is 0.636. The Labute approximate surface area is 163 Å². The molecular formula is C22H34N2O3. The maximum Gasteiger partial charge on any atom is 0.256 e. The van der Waals surface area contributed by atoms with E-state index in [0.29, 0.717) is 12.5 Å². The minimum atomic E-state index is -0.570. The summed E-state index contributed by atoms with van der Waals surface area (Å²) in [4.78, 5) is 29.3. The summed E-state index contributed by atoms with van der Waals surface area (Å²) < 4.78 is 5.75. The molecule has 1 aromatic carbocycles. The van der Waals surface area contributed by atoms with Crippen LogP contribution in [-0.2, 0) is 14.3 Å². The number of hydrogen-bond acceptors (Lipinski definition) is 3. The van der Waals surface area contributed by atoms with Crippen LogP contribution in [-0.4, -0.2) is 49.1 Å². The van der Waals surface area contributed by atoms with E-state index in [-0.39, 0.29) is 18.4 Å². The first-order chi connectivity index (χ1) is 12.9. The number of piperidine rings is 1. The highest BCUT2D eigenvalue weighted by molar-refractivity contribution is 6.00. The Morgan fingerprint density at radius 2 is 1.70 bits per heavy atom. The second kappa shape index (κ2) is 10.5. The lowest BCUT2D eigenvalue weighted by Gasteiger charge is -2.31. The molecule has 2 amide bonds. The lowest BCUT2D eigenvalue weighted by molar-refractivity contribution is -0.134. The zero-order chi connectivity index (χ0) is 19.8. The number of hydrogen-bond donors (Lipinski definition) is 0. The van der Waals surface area contributed by atoms with Crippen LogP contribution < -0.4 is 4.90 Å². The molecular weight excluding hydrogens is 340 g/mol. The molecule has 1 aliphatic heterocycles. The van der Waals surface area contributed by atoms with Crippen LogP contribution >= 0.6 is 0 Å². The van der Waals surface area contributed by atoms with E-state index in [0.717, 1.165) is 43.6 Å². The van der Waals surface area contributed by atoms with Gasteiger partial charge in [0, 0.05) is 25.4 Å². The fourth-order valence-corrected chi connectivity index (χ4v) is 3.17. The summed E-state index contributed by atoms with van der Waals surface area (Å²) in [5.41, 5.74) is 1.87. The van der Waals surface area contributed by atoms with E-state index in [4.69, 9.17) is 4.74 Å². The van der Waals surface area contributed by atoms with Crippen molar-refractivity contribution in [1.82, 2.24) is 4.90 Å². The molecule has 1 aliphatic rings.